The highest BCUT2D eigenvalue weighted by molar-refractivity contribution is 6.36. The minimum atomic E-state index is -0.151. The van der Waals surface area contributed by atoms with Crippen molar-refractivity contribution in [2.45, 2.75) is 20.3 Å². The zero-order valence-electron chi connectivity index (χ0n) is 9.39. The Morgan fingerprint density at radius 3 is 2.62 bits per heavy atom. The number of nitrogens with one attached hydrogen (secondary N) is 1. The third-order valence-corrected chi connectivity index (χ3v) is 2.73. The van der Waals surface area contributed by atoms with Gasteiger partial charge in [0.2, 0.25) is 0 Å². The lowest BCUT2D eigenvalue weighted by atomic mass is 10.1. The SMILES string of the molecule is CC(C)CCNC(=O)c1ccc(Cl)cc1Cl. The van der Waals surface area contributed by atoms with Gasteiger partial charge in [-0.2, -0.15) is 0 Å². The minimum Gasteiger partial charge on any atom is -0.352 e. The molecule has 2 nitrogen and oxygen atoms in total. The Labute approximate surface area is 106 Å². The summed E-state index contributed by atoms with van der Waals surface area (Å²) in [5.74, 6) is 0.420. The average Bonchev–Trinajstić information content (AvgIpc) is 2.16. The predicted molar refractivity (Wildman–Crippen MR) is 68.3 cm³/mol. The third kappa shape index (κ3) is 4.03. The molecule has 0 aromatic heterocycles. The second-order valence-electron chi connectivity index (χ2n) is 4.06. The fourth-order valence-electron chi connectivity index (χ4n) is 1.24. The van der Waals surface area contributed by atoms with Crippen molar-refractivity contribution in [2.24, 2.45) is 5.92 Å². The van der Waals surface area contributed by atoms with Crippen LogP contribution in [0.4, 0.5) is 0 Å². The second-order valence-corrected chi connectivity index (χ2v) is 4.91. The van der Waals surface area contributed by atoms with Crippen molar-refractivity contribution in [3.63, 3.8) is 0 Å². The van der Waals surface area contributed by atoms with Gasteiger partial charge in [-0.3, -0.25) is 4.79 Å². The fraction of sp³-hybridized carbons (Fsp3) is 0.417. The van der Waals surface area contributed by atoms with Crippen LogP contribution < -0.4 is 5.32 Å². The van der Waals surface area contributed by atoms with Crippen LogP contribution in [-0.2, 0) is 0 Å². The summed E-state index contributed by atoms with van der Waals surface area (Å²) in [6.45, 7) is 4.89. The lowest BCUT2D eigenvalue weighted by Gasteiger charge is -2.08. The first-order valence-electron chi connectivity index (χ1n) is 5.24. The maximum absolute atomic E-state index is 11.7. The van der Waals surface area contributed by atoms with E-state index in [0.29, 0.717) is 28.1 Å². The number of hydrogen-bond acceptors (Lipinski definition) is 1. The van der Waals surface area contributed by atoms with Gasteiger partial charge in [0.15, 0.2) is 0 Å². The first-order valence-corrected chi connectivity index (χ1v) is 5.99. The molecule has 0 spiro atoms. The van der Waals surface area contributed by atoms with Gasteiger partial charge >= 0.3 is 0 Å². The fourth-order valence-corrected chi connectivity index (χ4v) is 1.74. The van der Waals surface area contributed by atoms with Crippen LogP contribution in [0.2, 0.25) is 10.0 Å². The molecule has 0 fully saturated rings. The van der Waals surface area contributed by atoms with Gasteiger partial charge in [-0.25, -0.2) is 0 Å². The number of benzene rings is 1. The predicted octanol–water partition coefficient (Wildman–Crippen LogP) is 3.77. The topological polar surface area (TPSA) is 29.1 Å². The monoisotopic (exact) mass is 259 g/mol. The molecule has 1 rings (SSSR count). The van der Waals surface area contributed by atoms with E-state index in [1.165, 1.54) is 0 Å². The zero-order chi connectivity index (χ0) is 12.1. The molecule has 1 aromatic rings. The molecule has 0 radical (unpaired) electrons. The van der Waals surface area contributed by atoms with E-state index < -0.39 is 0 Å². The molecule has 16 heavy (non-hydrogen) atoms. The molecule has 0 bridgehead atoms. The molecule has 0 saturated carbocycles. The summed E-state index contributed by atoms with van der Waals surface area (Å²) in [4.78, 5) is 11.7. The highest BCUT2D eigenvalue weighted by atomic mass is 35.5. The summed E-state index contributed by atoms with van der Waals surface area (Å²) >= 11 is 11.7. The number of carbonyl (C=O) groups excluding carboxylic acids is 1. The van der Waals surface area contributed by atoms with Crippen LogP contribution in [0.5, 0.6) is 0 Å². The highest BCUT2D eigenvalue weighted by Gasteiger charge is 2.09. The molecule has 0 unspecified atom stereocenters. The van der Waals surface area contributed by atoms with Crippen molar-refractivity contribution >= 4 is 29.1 Å². The van der Waals surface area contributed by atoms with E-state index in [1.54, 1.807) is 18.2 Å². The van der Waals surface area contributed by atoms with Crippen molar-refractivity contribution in [1.29, 1.82) is 0 Å². The van der Waals surface area contributed by atoms with Crippen molar-refractivity contribution in [3.05, 3.63) is 33.8 Å². The van der Waals surface area contributed by atoms with E-state index in [4.69, 9.17) is 23.2 Å². The number of carbonyl (C=O) groups is 1. The van der Waals surface area contributed by atoms with Crippen LogP contribution in [0, 0.1) is 5.92 Å². The number of amides is 1. The van der Waals surface area contributed by atoms with E-state index >= 15 is 0 Å². The molecule has 4 heteroatoms. The van der Waals surface area contributed by atoms with Crippen molar-refractivity contribution in [3.8, 4) is 0 Å². The lowest BCUT2D eigenvalue weighted by Crippen LogP contribution is -2.25. The quantitative estimate of drug-likeness (QED) is 0.877. The molecule has 0 aliphatic rings. The number of hydrogen-bond donors (Lipinski definition) is 1. The van der Waals surface area contributed by atoms with E-state index in [1.807, 2.05) is 0 Å². The van der Waals surface area contributed by atoms with E-state index in [9.17, 15) is 4.79 Å². The first kappa shape index (κ1) is 13.3. The first-order chi connectivity index (χ1) is 7.50. The smallest absolute Gasteiger partial charge is 0.252 e. The van der Waals surface area contributed by atoms with Crippen molar-refractivity contribution in [2.75, 3.05) is 6.54 Å². The molecule has 1 amide bonds. The molecular formula is C12H15Cl2NO. The molecule has 0 saturated heterocycles. The van der Waals surface area contributed by atoms with Gasteiger partial charge in [-0.05, 0) is 30.5 Å². The maximum atomic E-state index is 11.7. The van der Waals surface area contributed by atoms with Crippen molar-refractivity contribution < 1.29 is 4.79 Å². The summed E-state index contributed by atoms with van der Waals surface area (Å²) in [6.07, 6.45) is 0.955. The molecular weight excluding hydrogens is 245 g/mol. The third-order valence-electron chi connectivity index (χ3n) is 2.18. The summed E-state index contributed by atoms with van der Waals surface area (Å²) in [7, 11) is 0. The maximum Gasteiger partial charge on any atom is 0.252 e. The van der Waals surface area contributed by atoms with Gasteiger partial charge in [0.1, 0.15) is 0 Å². The van der Waals surface area contributed by atoms with Crippen LogP contribution in [0.15, 0.2) is 18.2 Å². The molecule has 0 aliphatic heterocycles. The zero-order valence-corrected chi connectivity index (χ0v) is 10.9. The van der Waals surface area contributed by atoms with E-state index in [-0.39, 0.29) is 5.91 Å². The molecule has 0 atom stereocenters. The van der Waals surface area contributed by atoms with Crippen LogP contribution in [-0.4, -0.2) is 12.5 Å². The summed E-state index contributed by atoms with van der Waals surface area (Å²) in [6, 6.07) is 4.86. The highest BCUT2D eigenvalue weighted by Crippen LogP contribution is 2.20. The van der Waals surface area contributed by atoms with Crippen LogP contribution in [0.25, 0.3) is 0 Å². The molecule has 1 aromatic carbocycles. The van der Waals surface area contributed by atoms with E-state index in [0.717, 1.165) is 6.42 Å². The van der Waals surface area contributed by atoms with Gasteiger partial charge in [-0.1, -0.05) is 37.0 Å². The number of halogens is 2. The van der Waals surface area contributed by atoms with Crippen molar-refractivity contribution in [1.82, 2.24) is 5.32 Å². The Kier molecular flexibility index (Phi) is 5.10. The minimum absolute atomic E-state index is 0.151. The Bertz CT molecular complexity index is 377. The van der Waals surface area contributed by atoms with Crippen LogP contribution in [0.1, 0.15) is 30.6 Å². The summed E-state index contributed by atoms with van der Waals surface area (Å²) in [5.41, 5.74) is 0.467. The number of rotatable bonds is 4. The molecule has 88 valence electrons. The van der Waals surface area contributed by atoms with Gasteiger partial charge in [-0.15, -0.1) is 0 Å². The van der Waals surface area contributed by atoms with Gasteiger partial charge in [0.05, 0.1) is 10.6 Å². The summed E-state index contributed by atoms with van der Waals surface area (Å²) < 4.78 is 0. The normalized spacial score (nSPS) is 10.6. The second kappa shape index (κ2) is 6.12. The Balaban J connectivity index is 2.59. The van der Waals surface area contributed by atoms with Gasteiger partial charge < -0.3 is 5.32 Å². The van der Waals surface area contributed by atoms with Gasteiger partial charge in [0.25, 0.3) is 5.91 Å². The Morgan fingerprint density at radius 1 is 1.38 bits per heavy atom. The van der Waals surface area contributed by atoms with Crippen LogP contribution >= 0.6 is 23.2 Å². The van der Waals surface area contributed by atoms with E-state index in [2.05, 4.69) is 19.2 Å². The van der Waals surface area contributed by atoms with Gasteiger partial charge in [0, 0.05) is 11.6 Å². The molecule has 1 N–H and O–H groups in total. The van der Waals surface area contributed by atoms with Crippen LogP contribution in [0.3, 0.4) is 0 Å². The Hall–Kier alpha value is -0.730. The summed E-state index contributed by atoms with van der Waals surface area (Å²) in [5, 5.41) is 3.74. The lowest BCUT2D eigenvalue weighted by molar-refractivity contribution is 0.0952. The molecule has 0 aliphatic carbocycles. The molecule has 0 heterocycles. The Morgan fingerprint density at radius 2 is 2.06 bits per heavy atom. The average molecular weight is 260 g/mol. The standard InChI is InChI=1S/C12H15Cl2NO/c1-8(2)5-6-15-12(16)10-4-3-9(13)7-11(10)14/h3-4,7-8H,5-6H2,1-2H3,(H,15,16). The largest absolute Gasteiger partial charge is 0.352 e.